The molecule has 258 valence electrons. The molecule has 0 bridgehead atoms. The fraction of sp³-hybridized carbons (Fsp3) is 0.244. The van der Waals surface area contributed by atoms with Gasteiger partial charge in [-0.15, -0.1) is 0 Å². The lowest BCUT2D eigenvalue weighted by molar-refractivity contribution is 0.103. The standard InChI is InChI=1S/C41H42O7P2/c1-26(2)31-17-7-10-20-34(31)44-49(43)45-37-23-13-15-29-25-30-16-14-24-38(40(30)41(42)39(29)37)48-50(46-35-21-11-8-18-32(35)27(3)4)47-36-22-12-9-19-33(36)28(5)6/h7-24,26-28,43H,25H2,1-6H3. The van der Waals surface area contributed by atoms with Crippen LogP contribution in [0.1, 0.15) is 103 Å². The number of rotatable bonds is 13. The first-order valence-corrected chi connectivity index (χ1v) is 19.1. The van der Waals surface area contributed by atoms with Crippen LogP contribution in [0.4, 0.5) is 0 Å². The number of fused-ring (bicyclic) bond motifs is 2. The molecule has 1 aliphatic rings. The molecule has 0 saturated carbocycles. The minimum absolute atomic E-state index is 0.187. The highest BCUT2D eigenvalue weighted by molar-refractivity contribution is 7.43. The lowest BCUT2D eigenvalue weighted by Crippen LogP contribution is -2.18. The van der Waals surface area contributed by atoms with Crippen LogP contribution in [-0.2, 0) is 6.42 Å². The summed E-state index contributed by atoms with van der Waals surface area (Å²) in [5.74, 6) is 2.75. The normalized spacial score (nSPS) is 12.9. The minimum Gasteiger partial charge on any atom is -0.418 e. The largest absolute Gasteiger partial charge is 0.530 e. The molecule has 0 fully saturated rings. The first kappa shape index (κ1) is 35.4. The Bertz CT molecular complexity index is 1920. The van der Waals surface area contributed by atoms with E-state index in [-0.39, 0.29) is 29.3 Å². The van der Waals surface area contributed by atoms with E-state index in [1.54, 1.807) is 18.2 Å². The summed E-state index contributed by atoms with van der Waals surface area (Å²) in [4.78, 5) is 25.4. The molecule has 1 atom stereocenters. The predicted octanol–water partition coefficient (Wildman–Crippen LogP) is 11.6. The second kappa shape index (κ2) is 15.6. The van der Waals surface area contributed by atoms with Crippen molar-refractivity contribution in [1.29, 1.82) is 0 Å². The first-order valence-electron chi connectivity index (χ1n) is 16.8. The lowest BCUT2D eigenvalue weighted by Gasteiger charge is -2.26. The van der Waals surface area contributed by atoms with Gasteiger partial charge in [-0.05, 0) is 82.3 Å². The molecule has 1 aliphatic carbocycles. The van der Waals surface area contributed by atoms with Crippen LogP contribution in [0, 0.1) is 0 Å². The topological polar surface area (TPSA) is 83.5 Å². The molecule has 0 heterocycles. The zero-order valence-electron chi connectivity index (χ0n) is 29.1. The fourth-order valence-corrected chi connectivity index (χ4v) is 7.82. The smallest absolute Gasteiger partial charge is 0.418 e. The number of carbonyl (C=O) groups is 1. The Balaban J connectivity index is 1.33. The summed E-state index contributed by atoms with van der Waals surface area (Å²) in [6.45, 7) is 12.5. The molecule has 0 aliphatic heterocycles. The van der Waals surface area contributed by atoms with Crippen LogP contribution in [0.25, 0.3) is 0 Å². The molecule has 5 aromatic carbocycles. The number of ketones is 1. The van der Waals surface area contributed by atoms with Crippen LogP contribution in [0.5, 0.6) is 28.7 Å². The monoisotopic (exact) mass is 708 g/mol. The lowest BCUT2D eigenvalue weighted by atomic mass is 9.84. The highest BCUT2D eigenvalue weighted by Crippen LogP contribution is 2.49. The summed E-state index contributed by atoms with van der Waals surface area (Å²) < 4.78 is 31.5. The van der Waals surface area contributed by atoms with Gasteiger partial charge >= 0.3 is 17.2 Å². The van der Waals surface area contributed by atoms with Gasteiger partial charge in [0.2, 0.25) is 5.78 Å². The van der Waals surface area contributed by atoms with Gasteiger partial charge in [0.25, 0.3) is 0 Å². The minimum atomic E-state index is -2.39. The van der Waals surface area contributed by atoms with E-state index < -0.39 is 17.2 Å². The van der Waals surface area contributed by atoms with Gasteiger partial charge in [-0.2, -0.15) is 0 Å². The van der Waals surface area contributed by atoms with Crippen molar-refractivity contribution >= 4 is 23.0 Å². The number of carbonyl (C=O) groups excluding carboxylic acids is 1. The van der Waals surface area contributed by atoms with Crippen molar-refractivity contribution in [3.63, 3.8) is 0 Å². The molecule has 9 heteroatoms. The highest BCUT2D eigenvalue weighted by Gasteiger charge is 2.33. The summed E-state index contributed by atoms with van der Waals surface area (Å²) in [7, 11) is -4.46. The Kier molecular flexibility index (Phi) is 11.1. The van der Waals surface area contributed by atoms with Crippen LogP contribution in [0.2, 0.25) is 0 Å². The quantitative estimate of drug-likeness (QED) is 0.120. The maximum absolute atomic E-state index is 14.5. The van der Waals surface area contributed by atoms with E-state index in [0.29, 0.717) is 40.5 Å². The maximum atomic E-state index is 14.5. The van der Waals surface area contributed by atoms with E-state index in [2.05, 4.69) is 41.5 Å². The molecule has 0 aromatic heterocycles. The van der Waals surface area contributed by atoms with Crippen LogP contribution in [0.3, 0.4) is 0 Å². The third-order valence-corrected chi connectivity index (χ3v) is 10.3. The molecule has 0 radical (unpaired) electrons. The summed E-state index contributed by atoms with van der Waals surface area (Å²) in [5.41, 5.74) is 5.35. The van der Waals surface area contributed by atoms with Gasteiger partial charge in [-0.3, -0.25) is 4.79 Å². The van der Waals surface area contributed by atoms with Crippen LogP contribution >= 0.6 is 17.2 Å². The highest BCUT2D eigenvalue weighted by atomic mass is 31.2. The Hall–Kier alpha value is -4.41. The number of hydrogen-bond donors (Lipinski definition) is 1. The number of hydrogen-bond acceptors (Lipinski definition) is 7. The third-order valence-electron chi connectivity index (χ3n) is 8.55. The van der Waals surface area contributed by atoms with E-state index in [1.807, 2.05) is 91.0 Å². The molecule has 0 amide bonds. The molecule has 0 saturated heterocycles. The molecule has 50 heavy (non-hydrogen) atoms. The van der Waals surface area contributed by atoms with Gasteiger partial charge in [0, 0.05) is 0 Å². The molecule has 1 N–H and O–H groups in total. The van der Waals surface area contributed by atoms with Crippen molar-refractivity contribution in [2.75, 3.05) is 0 Å². The Morgan fingerprint density at radius 3 is 1.26 bits per heavy atom. The third kappa shape index (κ3) is 7.81. The van der Waals surface area contributed by atoms with Gasteiger partial charge in [0.15, 0.2) is 0 Å². The predicted molar refractivity (Wildman–Crippen MR) is 200 cm³/mol. The van der Waals surface area contributed by atoms with E-state index in [9.17, 15) is 9.69 Å². The second-order valence-corrected chi connectivity index (χ2v) is 14.9. The van der Waals surface area contributed by atoms with Crippen molar-refractivity contribution < 1.29 is 32.3 Å². The van der Waals surface area contributed by atoms with E-state index in [1.165, 1.54) is 0 Å². The van der Waals surface area contributed by atoms with Crippen molar-refractivity contribution in [2.45, 2.75) is 65.7 Å². The van der Waals surface area contributed by atoms with Crippen LogP contribution in [-0.4, -0.2) is 10.7 Å². The van der Waals surface area contributed by atoms with E-state index in [0.717, 1.165) is 27.8 Å². The van der Waals surface area contributed by atoms with Crippen LogP contribution in [0.15, 0.2) is 109 Å². The van der Waals surface area contributed by atoms with Crippen molar-refractivity contribution in [2.24, 2.45) is 0 Å². The van der Waals surface area contributed by atoms with Gasteiger partial charge in [0.05, 0.1) is 11.1 Å². The fourth-order valence-electron chi connectivity index (χ4n) is 6.05. The first-order chi connectivity index (χ1) is 24.1. The molecular formula is C41H42O7P2. The summed E-state index contributed by atoms with van der Waals surface area (Å²) >= 11 is 0. The average Bonchev–Trinajstić information content (AvgIpc) is 3.08. The maximum Gasteiger partial charge on any atom is 0.530 e. The molecule has 7 nitrogen and oxygen atoms in total. The summed E-state index contributed by atoms with van der Waals surface area (Å²) in [6.07, 6.45) is 0.469. The Morgan fingerprint density at radius 1 is 0.480 bits per heavy atom. The van der Waals surface area contributed by atoms with Gasteiger partial charge in [-0.1, -0.05) is 120 Å². The van der Waals surface area contributed by atoms with Crippen molar-refractivity contribution in [3.05, 3.63) is 148 Å². The van der Waals surface area contributed by atoms with Crippen LogP contribution < -0.4 is 22.6 Å². The molecule has 5 aromatic rings. The van der Waals surface area contributed by atoms with E-state index in [4.69, 9.17) is 22.6 Å². The van der Waals surface area contributed by atoms with Gasteiger partial charge < -0.3 is 27.5 Å². The van der Waals surface area contributed by atoms with E-state index >= 15 is 0 Å². The SMILES string of the molecule is CC(C)c1ccccc1OP(O)Oc1cccc2c1C(=O)c1c(cccc1OP(Oc1ccccc1C(C)C)Oc1ccccc1C(C)C)C2. The van der Waals surface area contributed by atoms with Gasteiger partial charge in [0.1, 0.15) is 28.7 Å². The molecule has 6 rings (SSSR count). The number of para-hydroxylation sites is 3. The van der Waals surface area contributed by atoms with Crippen molar-refractivity contribution in [3.8, 4) is 28.7 Å². The summed E-state index contributed by atoms with van der Waals surface area (Å²) in [6, 6.07) is 34.2. The average molecular weight is 709 g/mol. The zero-order chi connectivity index (χ0) is 35.4. The summed E-state index contributed by atoms with van der Waals surface area (Å²) in [5, 5.41) is 0. The van der Waals surface area contributed by atoms with Gasteiger partial charge in [-0.25, -0.2) is 0 Å². The molecule has 0 spiro atoms. The Morgan fingerprint density at radius 2 is 0.820 bits per heavy atom. The Labute approximate surface area is 297 Å². The second-order valence-electron chi connectivity index (χ2n) is 13.1. The number of benzene rings is 5. The molecular weight excluding hydrogens is 666 g/mol. The van der Waals surface area contributed by atoms with Crippen molar-refractivity contribution in [1.82, 2.24) is 0 Å². The zero-order valence-corrected chi connectivity index (χ0v) is 30.9. The molecule has 1 unspecified atom stereocenters.